The Labute approximate surface area is 190 Å². The SMILES string of the molecule is CC(C)(C)c1ccc(C(=O)Nc2cccc(NC(=O)c3ccc(C(C)(C)C)cc3)n2)cc1. The number of nitrogens with zero attached hydrogens (tertiary/aromatic N) is 1. The molecule has 5 heteroatoms. The zero-order valence-corrected chi connectivity index (χ0v) is 19.6. The normalized spacial score (nSPS) is 11.7. The number of nitrogens with one attached hydrogen (secondary N) is 2. The number of carbonyl (C=O) groups excluding carboxylic acids is 2. The molecule has 2 aromatic carbocycles. The lowest BCUT2D eigenvalue weighted by Crippen LogP contribution is -2.17. The topological polar surface area (TPSA) is 71.1 Å². The van der Waals surface area contributed by atoms with Crippen molar-refractivity contribution in [3.63, 3.8) is 0 Å². The number of anilines is 2. The number of carbonyl (C=O) groups is 2. The molecule has 3 aromatic rings. The van der Waals surface area contributed by atoms with Crippen molar-refractivity contribution < 1.29 is 9.59 Å². The molecule has 0 aliphatic carbocycles. The van der Waals surface area contributed by atoms with E-state index in [1.165, 1.54) is 0 Å². The number of benzene rings is 2. The van der Waals surface area contributed by atoms with Crippen molar-refractivity contribution >= 4 is 23.5 Å². The summed E-state index contributed by atoms with van der Waals surface area (Å²) in [5, 5.41) is 5.59. The predicted octanol–water partition coefficient (Wildman–Crippen LogP) is 6.18. The number of amides is 2. The van der Waals surface area contributed by atoms with Crippen LogP contribution in [0, 0.1) is 0 Å². The van der Waals surface area contributed by atoms with Gasteiger partial charge in [-0.2, -0.15) is 0 Å². The van der Waals surface area contributed by atoms with E-state index in [1.807, 2.05) is 48.5 Å². The van der Waals surface area contributed by atoms with Crippen LogP contribution in [0.2, 0.25) is 0 Å². The minimum absolute atomic E-state index is 0.0240. The first-order chi connectivity index (χ1) is 14.9. The Bertz CT molecular complexity index is 1020. The summed E-state index contributed by atoms with van der Waals surface area (Å²) < 4.78 is 0. The Morgan fingerprint density at radius 2 is 0.938 bits per heavy atom. The Kier molecular flexibility index (Phi) is 6.49. The molecule has 2 N–H and O–H groups in total. The number of pyridine rings is 1. The molecule has 32 heavy (non-hydrogen) atoms. The average Bonchev–Trinajstić information content (AvgIpc) is 2.73. The van der Waals surface area contributed by atoms with Gasteiger partial charge in [0.05, 0.1) is 0 Å². The van der Waals surface area contributed by atoms with Crippen molar-refractivity contribution in [3.05, 3.63) is 89.0 Å². The van der Waals surface area contributed by atoms with Crippen LogP contribution in [0.4, 0.5) is 11.6 Å². The Balaban J connectivity index is 1.67. The lowest BCUT2D eigenvalue weighted by atomic mass is 9.86. The van der Waals surface area contributed by atoms with Crippen LogP contribution >= 0.6 is 0 Å². The van der Waals surface area contributed by atoms with Gasteiger partial charge in [-0.05, 0) is 58.4 Å². The molecule has 0 unspecified atom stereocenters. The fourth-order valence-electron chi connectivity index (χ4n) is 3.19. The third kappa shape index (κ3) is 5.82. The summed E-state index contributed by atoms with van der Waals surface area (Å²) >= 11 is 0. The summed E-state index contributed by atoms with van der Waals surface area (Å²) in [6.07, 6.45) is 0. The molecule has 1 heterocycles. The van der Waals surface area contributed by atoms with Crippen molar-refractivity contribution in [2.45, 2.75) is 52.4 Å². The summed E-state index contributed by atoms with van der Waals surface area (Å²) in [6, 6.07) is 20.2. The summed E-state index contributed by atoms with van der Waals surface area (Å²) in [6.45, 7) is 12.8. The summed E-state index contributed by atoms with van der Waals surface area (Å²) in [7, 11) is 0. The smallest absolute Gasteiger partial charge is 0.256 e. The molecular weight excluding hydrogens is 398 g/mol. The van der Waals surface area contributed by atoms with Gasteiger partial charge in [-0.15, -0.1) is 0 Å². The largest absolute Gasteiger partial charge is 0.306 e. The maximum Gasteiger partial charge on any atom is 0.256 e. The molecule has 3 rings (SSSR count). The zero-order valence-electron chi connectivity index (χ0n) is 19.6. The highest BCUT2D eigenvalue weighted by Gasteiger charge is 2.16. The Hall–Kier alpha value is -3.47. The molecule has 166 valence electrons. The van der Waals surface area contributed by atoms with Crippen LogP contribution in [-0.4, -0.2) is 16.8 Å². The van der Waals surface area contributed by atoms with E-state index in [2.05, 4.69) is 57.2 Å². The van der Waals surface area contributed by atoms with Crippen molar-refractivity contribution in [3.8, 4) is 0 Å². The van der Waals surface area contributed by atoms with E-state index in [4.69, 9.17) is 0 Å². The molecule has 0 saturated carbocycles. The molecule has 0 bridgehead atoms. The summed E-state index contributed by atoms with van der Waals surface area (Å²) in [5.41, 5.74) is 3.47. The lowest BCUT2D eigenvalue weighted by molar-refractivity contribution is 0.101. The van der Waals surface area contributed by atoms with Gasteiger partial charge in [-0.1, -0.05) is 71.9 Å². The number of hydrogen-bond acceptors (Lipinski definition) is 3. The molecular formula is C27H31N3O2. The van der Waals surface area contributed by atoms with Crippen LogP contribution < -0.4 is 10.6 Å². The molecule has 0 aliphatic heterocycles. The first-order valence-electron chi connectivity index (χ1n) is 10.7. The lowest BCUT2D eigenvalue weighted by Gasteiger charge is -2.19. The fourth-order valence-corrected chi connectivity index (χ4v) is 3.19. The van der Waals surface area contributed by atoms with Crippen molar-refractivity contribution in [1.29, 1.82) is 0 Å². The van der Waals surface area contributed by atoms with Gasteiger partial charge in [0.25, 0.3) is 11.8 Å². The molecule has 0 atom stereocenters. The van der Waals surface area contributed by atoms with Gasteiger partial charge in [-0.3, -0.25) is 9.59 Å². The van der Waals surface area contributed by atoms with Gasteiger partial charge in [0, 0.05) is 11.1 Å². The van der Waals surface area contributed by atoms with Crippen LogP contribution in [0.5, 0.6) is 0 Å². The van der Waals surface area contributed by atoms with Crippen LogP contribution in [0.25, 0.3) is 0 Å². The van der Waals surface area contributed by atoms with Crippen molar-refractivity contribution in [1.82, 2.24) is 4.98 Å². The van der Waals surface area contributed by atoms with E-state index in [0.29, 0.717) is 22.8 Å². The molecule has 0 saturated heterocycles. The molecule has 0 fully saturated rings. The van der Waals surface area contributed by atoms with Crippen LogP contribution in [0.1, 0.15) is 73.4 Å². The average molecular weight is 430 g/mol. The van der Waals surface area contributed by atoms with Crippen molar-refractivity contribution in [2.24, 2.45) is 0 Å². The van der Waals surface area contributed by atoms with E-state index in [-0.39, 0.29) is 22.6 Å². The van der Waals surface area contributed by atoms with E-state index in [1.54, 1.807) is 18.2 Å². The predicted molar refractivity (Wildman–Crippen MR) is 130 cm³/mol. The quantitative estimate of drug-likeness (QED) is 0.520. The first kappa shape index (κ1) is 23.2. The second-order valence-corrected chi connectivity index (χ2v) is 9.97. The highest BCUT2D eigenvalue weighted by Crippen LogP contribution is 2.23. The number of aromatic nitrogens is 1. The third-order valence-corrected chi connectivity index (χ3v) is 5.26. The third-order valence-electron chi connectivity index (χ3n) is 5.26. The van der Waals surface area contributed by atoms with Gasteiger partial charge >= 0.3 is 0 Å². The molecule has 0 spiro atoms. The standard InChI is InChI=1S/C27H31N3O2/c1-26(2,3)20-14-10-18(11-15-20)24(31)29-22-8-7-9-23(28-22)30-25(32)19-12-16-21(17-13-19)27(4,5)6/h7-17H,1-6H3,(H2,28,29,30,31,32). The first-order valence-corrected chi connectivity index (χ1v) is 10.7. The van der Waals surface area contributed by atoms with E-state index in [0.717, 1.165) is 11.1 Å². The molecule has 0 aliphatic rings. The van der Waals surface area contributed by atoms with Crippen LogP contribution in [0.15, 0.2) is 66.7 Å². The van der Waals surface area contributed by atoms with E-state index in [9.17, 15) is 9.59 Å². The number of rotatable bonds is 4. The Morgan fingerprint density at radius 3 is 1.25 bits per heavy atom. The van der Waals surface area contributed by atoms with Gasteiger partial charge < -0.3 is 10.6 Å². The van der Waals surface area contributed by atoms with Crippen LogP contribution in [0.3, 0.4) is 0 Å². The summed E-state index contributed by atoms with van der Waals surface area (Å²) in [5.74, 6) is 0.241. The highest BCUT2D eigenvalue weighted by atomic mass is 16.2. The Morgan fingerprint density at radius 1 is 0.594 bits per heavy atom. The fraction of sp³-hybridized carbons (Fsp3) is 0.296. The van der Waals surface area contributed by atoms with E-state index < -0.39 is 0 Å². The van der Waals surface area contributed by atoms with Gasteiger partial charge in [0.15, 0.2) is 0 Å². The summed E-state index contributed by atoms with van der Waals surface area (Å²) in [4.78, 5) is 29.6. The molecule has 1 aromatic heterocycles. The minimum Gasteiger partial charge on any atom is -0.306 e. The van der Waals surface area contributed by atoms with Gasteiger partial charge in [0.1, 0.15) is 11.6 Å². The maximum atomic E-state index is 12.6. The molecule has 0 radical (unpaired) electrons. The van der Waals surface area contributed by atoms with Gasteiger partial charge in [-0.25, -0.2) is 4.98 Å². The zero-order chi connectivity index (χ0) is 23.5. The van der Waals surface area contributed by atoms with Gasteiger partial charge in [0.2, 0.25) is 0 Å². The molecule has 5 nitrogen and oxygen atoms in total. The van der Waals surface area contributed by atoms with Crippen LogP contribution in [-0.2, 0) is 10.8 Å². The molecule has 2 amide bonds. The number of hydrogen-bond donors (Lipinski definition) is 2. The minimum atomic E-state index is -0.251. The monoisotopic (exact) mass is 429 g/mol. The maximum absolute atomic E-state index is 12.6. The van der Waals surface area contributed by atoms with E-state index >= 15 is 0 Å². The second-order valence-electron chi connectivity index (χ2n) is 9.97. The van der Waals surface area contributed by atoms with Crippen molar-refractivity contribution in [2.75, 3.05) is 10.6 Å². The second kappa shape index (κ2) is 8.95. The highest BCUT2D eigenvalue weighted by molar-refractivity contribution is 6.05.